The predicted molar refractivity (Wildman–Crippen MR) is 76.8 cm³/mol. The second-order valence-electron chi connectivity index (χ2n) is 5.01. The van der Waals surface area contributed by atoms with E-state index in [1.165, 1.54) is 0 Å². The molecule has 2 N–H and O–H groups in total. The van der Waals surface area contributed by atoms with Gasteiger partial charge in [0.05, 0.1) is 6.61 Å². The van der Waals surface area contributed by atoms with Crippen molar-refractivity contribution < 1.29 is 9.47 Å². The second kappa shape index (κ2) is 7.23. The summed E-state index contributed by atoms with van der Waals surface area (Å²) in [5.41, 5.74) is 5.72. The second-order valence-corrected chi connectivity index (χ2v) is 5.01. The number of nitrogens with zero attached hydrogens (tertiary/aromatic N) is 4. The van der Waals surface area contributed by atoms with E-state index < -0.39 is 0 Å². The molecule has 1 aliphatic heterocycles. The molecule has 2 heterocycles. The van der Waals surface area contributed by atoms with Crippen molar-refractivity contribution in [1.82, 2.24) is 15.0 Å². The molecule has 1 aromatic rings. The number of hydrogen-bond donors (Lipinski definition) is 1. The molecule has 1 saturated heterocycles. The number of nitrogens with two attached hydrogens (primary N) is 1. The zero-order valence-corrected chi connectivity index (χ0v) is 12.2. The fraction of sp³-hybridized carbons (Fsp3) is 0.769. The Kier molecular flexibility index (Phi) is 5.34. The fourth-order valence-electron chi connectivity index (χ4n) is 2.30. The summed E-state index contributed by atoms with van der Waals surface area (Å²) >= 11 is 0. The number of rotatable bonds is 6. The van der Waals surface area contributed by atoms with Crippen LogP contribution in [0.15, 0.2) is 0 Å². The van der Waals surface area contributed by atoms with Crippen molar-refractivity contribution in [3.63, 3.8) is 0 Å². The van der Waals surface area contributed by atoms with Crippen LogP contribution in [0, 0.1) is 5.92 Å². The highest BCUT2D eigenvalue weighted by Crippen LogP contribution is 2.22. The van der Waals surface area contributed by atoms with Crippen LogP contribution >= 0.6 is 0 Å². The fourth-order valence-corrected chi connectivity index (χ4v) is 2.30. The Morgan fingerprint density at radius 3 is 2.65 bits per heavy atom. The first kappa shape index (κ1) is 14.8. The standard InChI is InChI=1S/C13H23N5O2/c1-3-8-20-13-16-11(14)15-12(17-13)18-6-4-10(5-7-18)9-19-2/h10H,3-9H2,1-2H3,(H2,14,15,16,17). The van der Waals surface area contributed by atoms with E-state index in [1.54, 1.807) is 7.11 Å². The zero-order valence-electron chi connectivity index (χ0n) is 12.2. The molecule has 0 saturated carbocycles. The third-order valence-corrected chi connectivity index (χ3v) is 3.36. The van der Waals surface area contributed by atoms with Crippen molar-refractivity contribution >= 4 is 11.9 Å². The highest BCUT2D eigenvalue weighted by atomic mass is 16.5. The van der Waals surface area contributed by atoms with E-state index in [0.717, 1.165) is 39.0 Å². The van der Waals surface area contributed by atoms with Gasteiger partial charge in [-0.1, -0.05) is 6.92 Å². The van der Waals surface area contributed by atoms with Gasteiger partial charge in [0.15, 0.2) is 0 Å². The van der Waals surface area contributed by atoms with Crippen LogP contribution in [0.25, 0.3) is 0 Å². The van der Waals surface area contributed by atoms with Gasteiger partial charge < -0.3 is 20.1 Å². The van der Waals surface area contributed by atoms with Crippen LogP contribution in [-0.4, -0.2) is 48.4 Å². The lowest BCUT2D eigenvalue weighted by Crippen LogP contribution is -2.36. The summed E-state index contributed by atoms with van der Waals surface area (Å²) in [4.78, 5) is 14.7. The van der Waals surface area contributed by atoms with Gasteiger partial charge in [0.25, 0.3) is 0 Å². The quantitative estimate of drug-likeness (QED) is 0.835. The van der Waals surface area contributed by atoms with Gasteiger partial charge in [-0.25, -0.2) is 0 Å². The molecule has 0 unspecified atom stereocenters. The van der Waals surface area contributed by atoms with Crippen molar-refractivity contribution in [3.05, 3.63) is 0 Å². The molecule has 0 radical (unpaired) electrons. The minimum Gasteiger partial charge on any atom is -0.463 e. The molecule has 1 aliphatic rings. The van der Waals surface area contributed by atoms with Crippen LogP contribution < -0.4 is 15.4 Å². The SMILES string of the molecule is CCCOc1nc(N)nc(N2CCC(COC)CC2)n1. The molecule has 0 amide bonds. The minimum absolute atomic E-state index is 0.208. The van der Waals surface area contributed by atoms with E-state index in [4.69, 9.17) is 15.2 Å². The molecule has 0 atom stereocenters. The first-order valence-electron chi connectivity index (χ1n) is 7.11. The molecule has 1 fully saturated rings. The monoisotopic (exact) mass is 281 g/mol. The number of hydrogen-bond acceptors (Lipinski definition) is 7. The third kappa shape index (κ3) is 3.93. The van der Waals surface area contributed by atoms with E-state index in [0.29, 0.717) is 24.5 Å². The van der Waals surface area contributed by atoms with Gasteiger partial charge in [-0.15, -0.1) is 0 Å². The molecular weight excluding hydrogens is 258 g/mol. The number of nitrogen functional groups attached to an aromatic ring is 1. The van der Waals surface area contributed by atoms with Gasteiger partial charge in [0.2, 0.25) is 11.9 Å². The third-order valence-electron chi connectivity index (χ3n) is 3.36. The largest absolute Gasteiger partial charge is 0.463 e. The summed E-state index contributed by atoms with van der Waals surface area (Å²) < 4.78 is 10.6. The maximum Gasteiger partial charge on any atom is 0.323 e. The van der Waals surface area contributed by atoms with Crippen molar-refractivity contribution in [2.24, 2.45) is 5.92 Å². The number of ether oxygens (including phenoxy) is 2. The maximum absolute atomic E-state index is 5.72. The Morgan fingerprint density at radius 2 is 2.00 bits per heavy atom. The number of methoxy groups -OCH3 is 1. The average Bonchev–Trinajstić information content (AvgIpc) is 2.46. The summed E-state index contributed by atoms with van der Waals surface area (Å²) in [7, 11) is 1.75. The first-order valence-corrected chi connectivity index (χ1v) is 7.11. The van der Waals surface area contributed by atoms with Gasteiger partial charge >= 0.3 is 6.01 Å². The first-order chi connectivity index (χ1) is 9.72. The molecule has 7 heteroatoms. The van der Waals surface area contributed by atoms with Crippen LogP contribution in [-0.2, 0) is 4.74 Å². The Bertz CT molecular complexity index is 421. The van der Waals surface area contributed by atoms with Crippen LogP contribution in [0.4, 0.5) is 11.9 Å². The minimum atomic E-state index is 0.208. The highest BCUT2D eigenvalue weighted by molar-refractivity contribution is 5.36. The summed E-state index contributed by atoms with van der Waals surface area (Å²) in [6, 6.07) is 0.313. The lowest BCUT2D eigenvalue weighted by Gasteiger charge is -2.31. The maximum atomic E-state index is 5.72. The van der Waals surface area contributed by atoms with E-state index in [9.17, 15) is 0 Å². The Morgan fingerprint density at radius 1 is 1.25 bits per heavy atom. The summed E-state index contributed by atoms with van der Waals surface area (Å²) in [5, 5.41) is 0. The van der Waals surface area contributed by atoms with Gasteiger partial charge in [0, 0.05) is 26.8 Å². The lowest BCUT2D eigenvalue weighted by atomic mass is 9.98. The van der Waals surface area contributed by atoms with Crippen LogP contribution in [0.3, 0.4) is 0 Å². The molecular formula is C13H23N5O2. The van der Waals surface area contributed by atoms with Gasteiger partial charge in [-0.05, 0) is 25.2 Å². The molecule has 0 bridgehead atoms. The molecule has 0 spiro atoms. The van der Waals surface area contributed by atoms with Gasteiger partial charge in [-0.3, -0.25) is 0 Å². The lowest BCUT2D eigenvalue weighted by molar-refractivity contribution is 0.139. The van der Waals surface area contributed by atoms with Crippen molar-refractivity contribution in [1.29, 1.82) is 0 Å². The summed E-state index contributed by atoms with van der Waals surface area (Å²) in [6.07, 6.45) is 3.05. The van der Waals surface area contributed by atoms with Crippen LogP contribution in [0.1, 0.15) is 26.2 Å². The van der Waals surface area contributed by atoms with Crippen molar-refractivity contribution in [2.75, 3.05) is 44.0 Å². The molecule has 20 heavy (non-hydrogen) atoms. The molecule has 7 nitrogen and oxygen atoms in total. The van der Waals surface area contributed by atoms with Crippen LogP contribution in [0.2, 0.25) is 0 Å². The Labute approximate surface area is 119 Å². The van der Waals surface area contributed by atoms with E-state index in [2.05, 4.69) is 19.9 Å². The molecule has 112 valence electrons. The Hall–Kier alpha value is -1.63. The molecule has 0 aromatic carbocycles. The summed E-state index contributed by atoms with van der Waals surface area (Å²) in [6.45, 7) is 5.25. The topological polar surface area (TPSA) is 86.4 Å². The molecule has 0 aliphatic carbocycles. The smallest absolute Gasteiger partial charge is 0.323 e. The predicted octanol–water partition coefficient (Wildman–Crippen LogP) is 1.11. The number of piperidine rings is 1. The van der Waals surface area contributed by atoms with E-state index in [-0.39, 0.29) is 5.95 Å². The normalized spacial score (nSPS) is 16.4. The van der Waals surface area contributed by atoms with Crippen molar-refractivity contribution in [3.8, 4) is 6.01 Å². The van der Waals surface area contributed by atoms with Crippen molar-refractivity contribution in [2.45, 2.75) is 26.2 Å². The van der Waals surface area contributed by atoms with Gasteiger partial charge in [0.1, 0.15) is 0 Å². The van der Waals surface area contributed by atoms with E-state index in [1.807, 2.05) is 6.92 Å². The molecule has 2 rings (SSSR count). The number of anilines is 2. The average molecular weight is 281 g/mol. The van der Waals surface area contributed by atoms with Gasteiger partial charge in [-0.2, -0.15) is 15.0 Å². The Balaban J connectivity index is 2.00. The zero-order chi connectivity index (χ0) is 14.4. The molecule has 1 aromatic heterocycles. The van der Waals surface area contributed by atoms with Crippen LogP contribution in [0.5, 0.6) is 6.01 Å². The van der Waals surface area contributed by atoms with E-state index >= 15 is 0 Å². The number of aromatic nitrogens is 3. The highest BCUT2D eigenvalue weighted by Gasteiger charge is 2.22. The summed E-state index contributed by atoms with van der Waals surface area (Å²) in [5.74, 6) is 1.44.